The fourth-order valence-electron chi connectivity index (χ4n) is 3.04. The molecule has 0 unspecified atom stereocenters. The molecule has 0 aromatic heterocycles. The van der Waals surface area contributed by atoms with Gasteiger partial charge in [0, 0.05) is 5.69 Å². The third-order valence-electron chi connectivity index (χ3n) is 4.34. The summed E-state index contributed by atoms with van der Waals surface area (Å²) in [4.78, 5) is 14.0. The number of carbonyl (C=O) groups excluding carboxylic acids is 1. The number of nitrogens with two attached hydrogens (primary N) is 1. The zero-order valence-corrected chi connectivity index (χ0v) is 14.3. The van der Waals surface area contributed by atoms with Crippen LogP contribution in [0, 0.1) is 0 Å². The molecular formula is C18H18ClF3N2O. The van der Waals surface area contributed by atoms with Gasteiger partial charge in [0.1, 0.15) is 0 Å². The number of anilines is 1. The molecule has 0 aliphatic carbocycles. The molecule has 0 bridgehead atoms. The number of fused-ring (bicyclic) bond motifs is 1. The molecule has 1 aliphatic rings. The number of hydrogen-bond acceptors (Lipinski definition) is 2. The first-order chi connectivity index (χ1) is 11.3. The van der Waals surface area contributed by atoms with E-state index >= 15 is 0 Å². The van der Waals surface area contributed by atoms with Gasteiger partial charge in [-0.2, -0.15) is 13.2 Å². The van der Waals surface area contributed by atoms with Gasteiger partial charge in [0.05, 0.1) is 17.6 Å². The lowest BCUT2D eigenvalue weighted by atomic mass is 9.93. The van der Waals surface area contributed by atoms with Gasteiger partial charge in [0.15, 0.2) is 0 Å². The smallest absolute Gasteiger partial charge is 0.320 e. The van der Waals surface area contributed by atoms with Crippen LogP contribution in [0.5, 0.6) is 0 Å². The normalized spacial score (nSPS) is 18.4. The monoisotopic (exact) mass is 370 g/mol. The van der Waals surface area contributed by atoms with E-state index in [9.17, 15) is 18.0 Å². The maximum absolute atomic E-state index is 13.1. The lowest BCUT2D eigenvalue weighted by Gasteiger charge is -2.37. The number of benzene rings is 2. The maximum atomic E-state index is 13.1. The zero-order valence-electron chi connectivity index (χ0n) is 13.5. The molecule has 134 valence electrons. The standard InChI is InChI=1S/C18H17F3N2O.ClH/c1-11(12-5-3-2-4-6-12)23-16-10-14(18(19,20)21)8-7-13(16)9-15(22)17(23)24;/h2-8,10-11,15H,9,22H2,1H3;1H/t11-,15+;/m0./s1. The summed E-state index contributed by atoms with van der Waals surface area (Å²) in [6.45, 7) is 1.79. The van der Waals surface area contributed by atoms with E-state index in [2.05, 4.69) is 0 Å². The quantitative estimate of drug-likeness (QED) is 0.865. The summed E-state index contributed by atoms with van der Waals surface area (Å²) in [5.41, 5.74) is 6.91. The molecule has 2 aromatic rings. The molecule has 7 heteroatoms. The Kier molecular flexibility index (Phi) is 5.44. The van der Waals surface area contributed by atoms with Crippen molar-refractivity contribution in [2.24, 2.45) is 5.73 Å². The minimum Gasteiger partial charge on any atom is -0.320 e. The second-order valence-electron chi connectivity index (χ2n) is 5.95. The number of hydrogen-bond donors (Lipinski definition) is 1. The highest BCUT2D eigenvalue weighted by Gasteiger charge is 2.37. The van der Waals surface area contributed by atoms with Crippen molar-refractivity contribution in [3.05, 3.63) is 65.2 Å². The van der Waals surface area contributed by atoms with E-state index in [4.69, 9.17) is 5.73 Å². The van der Waals surface area contributed by atoms with Gasteiger partial charge >= 0.3 is 6.18 Å². The SMILES string of the molecule is C[C@@H](c1ccccc1)N1C(=O)[C@H](N)Cc2ccc(C(F)(F)F)cc21.Cl. The number of carbonyl (C=O) groups is 1. The van der Waals surface area contributed by atoms with Crippen LogP contribution >= 0.6 is 12.4 Å². The molecule has 0 radical (unpaired) electrons. The highest BCUT2D eigenvalue weighted by Crippen LogP contribution is 2.39. The predicted molar refractivity (Wildman–Crippen MR) is 92.7 cm³/mol. The van der Waals surface area contributed by atoms with Crippen molar-refractivity contribution < 1.29 is 18.0 Å². The molecule has 2 aromatic carbocycles. The van der Waals surface area contributed by atoms with Crippen molar-refractivity contribution in [1.29, 1.82) is 0 Å². The molecule has 0 fully saturated rings. The molecule has 0 spiro atoms. The Labute approximate surface area is 150 Å². The first-order valence-electron chi connectivity index (χ1n) is 7.63. The molecule has 0 saturated heterocycles. The first-order valence-corrected chi connectivity index (χ1v) is 7.63. The van der Waals surface area contributed by atoms with Gasteiger partial charge < -0.3 is 10.6 Å². The van der Waals surface area contributed by atoms with E-state index in [0.717, 1.165) is 17.7 Å². The molecule has 1 heterocycles. The minimum absolute atomic E-state index is 0. The Morgan fingerprint density at radius 2 is 1.80 bits per heavy atom. The summed E-state index contributed by atoms with van der Waals surface area (Å²) in [7, 11) is 0. The summed E-state index contributed by atoms with van der Waals surface area (Å²) < 4.78 is 39.2. The maximum Gasteiger partial charge on any atom is 0.416 e. The third-order valence-corrected chi connectivity index (χ3v) is 4.34. The van der Waals surface area contributed by atoms with E-state index < -0.39 is 23.8 Å². The number of nitrogens with zero attached hydrogens (tertiary/aromatic N) is 1. The molecule has 3 rings (SSSR count). The fraction of sp³-hybridized carbons (Fsp3) is 0.278. The van der Waals surface area contributed by atoms with Crippen LogP contribution in [0.2, 0.25) is 0 Å². The lowest BCUT2D eigenvalue weighted by Crippen LogP contribution is -2.49. The molecule has 2 atom stereocenters. The van der Waals surface area contributed by atoms with Crippen LogP contribution in [-0.2, 0) is 17.4 Å². The third kappa shape index (κ3) is 3.65. The van der Waals surface area contributed by atoms with Gasteiger partial charge in [-0.15, -0.1) is 12.4 Å². The predicted octanol–water partition coefficient (Wildman–Crippen LogP) is 4.10. The van der Waals surface area contributed by atoms with E-state index in [-0.39, 0.29) is 30.4 Å². The largest absolute Gasteiger partial charge is 0.416 e. The van der Waals surface area contributed by atoms with Gasteiger partial charge in [-0.25, -0.2) is 0 Å². The zero-order chi connectivity index (χ0) is 17.5. The molecule has 1 amide bonds. The second-order valence-corrected chi connectivity index (χ2v) is 5.95. The molecular weight excluding hydrogens is 353 g/mol. The highest BCUT2D eigenvalue weighted by molar-refractivity contribution is 6.00. The van der Waals surface area contributed by atoms with Gasteiger partial charge in [-0.05, 0) is 36.6 Å². The first kappa shape index (κ1) is 19.3. The number of alkyl halides is 3. The van der Waals surface area contributed by atoms with E-state index in [1.54, 1.807) is 6.92 Å². The summed E-state index contributed by atoms with van der Waals surface area (Å²) in [5.74, 6) is -0.363. The van der Waals surface area contributed by atoms with Gasteiger partial charge in [-0.3, -0.25) is 4.79 Å². The lowest BCUT2D eigenvalue weighted by molar-refractivity contribution is -0.137. The van der Waals surface area contributed by atoms with Crippen molar-refractivity contribution in [3.63, 3.8) is 0 Å². The Morgan fingerprint density at radius 3 is 2.40 bits per heavy atom. The molecule has 25 heavy (non-hydrogen) atoms. The average Bonchev–Trinajstić information content (AvgIpc) is 2.55. The van der Waals surface area contributed by atoms with Crippen LogP contribution in [0.15, 0.2) is 48.5 Å². The summed E-state index contributed by atoms with van der Waals surface area (Å²) >= 11 is 0. The van der Waals surface area contributed by atoms with Crippen LogP contribution < -0.4 is 10.6 Å². The van der Waals surface area contributed by atoms with E-state index in [1.807, 2.05) is 30.3 Å². The Bertz CT molecular complexity index is 765. The summed E-state index contributed by atoms with van der Waals surface area (Å²) in [5, 5.41) is 0. The fourth-order valence-corrected chi connectivity index (χ4v) is 3.04. The number of rotatable bonds is 2. The van der Waals surface area contributed by atoms with Crippen LogP contribution in [0.25, 0.3) is 0 Å². The van der Waals surface area contributed by atoms with Gasteiger partial charge in [0.2, 0.25) is 5.91 Å². The second kappa shape index (κ2) is 7.06. The van der Waals surface area contributed by atoms with Crippen molar-refractivity contribution >= 4 is 24.0 Å². The van der Waals surface area contributed by atoms with Crippen molar-refractivity contribution in [1.82, 2.24) is 0 Å². The molecule has 3 nitrogen and oxygen atoms in total. The Morgan fingerprint density at radius 1 is 1.16 bits per heavy atom. The van der Waals surface area contributed by atoms with Gasteiger partial charge in [-0.1, -0.05) is 36.4 Å². The average molecular weight is 371 g/mol. The van der Waals surface area contributed by atoms with Crippen molar-refractivity contribution in [3.8, 4) is 0 Å². The van der Waals surface area contributed by atoms with Crippen LogP contribution in [-0.4, -0.2) is 11.9 Å². The molecule has 0 saturated carbocycles. The van der Waals surface area contributed by atoms with Crippen molar-refractivity contribution in [2.45, 2.75) is 31.6 Å². The molecule has 1 aliphatic heterocycles. The number of halogens is 4. The summed E-state index contributed by atoms with van der Waals surface area (Å²) in [6.07, 6.45) is -4.22. The minimum atomic E-state index is -4.46. The Hall–Kier alpha value is -2.05. The van der Waals surface area contributed by atoms with E-state index in [0.29, 0.717) is 5.56 Å². The van der Waals surface area contributed by atoms with Crippen LogP contribution in [0.3, 0.4) is 0 Å². The number of amides is 1. The molecule has 2 N–H and O–H groups in total. The van der Waals surface area contributed by atoms with E-state index in [1.165, 1.54) is 11.0 Å². The van der Waals surface area contributed by atoms with Gasteiger partial charge in [0.25, 0.3) is 0 Å². The Balaban J connectivity index is 0.00000225. The van der Waals surface area contributed by atoms with Crippen molar-refractivity contribution in [2.75, 3.05) is 4.90 Å². The highest BCUT2D eigenvalue weighted by atomic mass is 35.5. The van der Waals surface area contributed by atoms with Crippen LogP contribution in [0.4, 0.5) is 18.9 Å². The summed E-state index contributed by atoms with van der Waals surface area (Å²) in [6, 6.07) is 11.5. The topological polar surface area (TPSA) is 46.3 Å². The van der Waals surface area contributed by atoms with Crippen LogP contribution in [0.1, 0.15) is 29.7 Å².